The lowest BCUT2D eigenvalue weighted by atomic mass is 9.98. The lowest BCUT2D eigenvalue weighted by molar-refractivity contribution is 0.632. The van der Waals surface area contributed by atoms with Gasteiger partial charge in [0.1, 0.15) is 5.82 Å². The Morgan fingerprint density at radius 2 is 1.36 bits per heavy atom. The summed E-state index contributed by atoms with van der Waals surface area (Å²) in [6.07, 6.45) is 0. The zero-order valence-corrected chi connectivity index (χ0v) is 12.2. The third kappa shape index (κ3) is 2.75. The fourth-order valence-corrected chi connectivity index (χ4v) is 2.40. The maximum Gasteiger partial charge on any atom is 0.131 e. The van der Waals surface area contributed by atoms with Gasteiger partial charge in [0.15, 0.2) is 0 Å². The van der Waals surface area contributed by atoms with Crippen molar-refractivity contribution in [1.82, 2.24) is 0 Å². The van der Waals surface area contributed by atoms with Crippen LogP contribution in [0.15, 0.2) is 66.7 Å². The van der Waals surface area contributed by atoms with Crippen LogP contribution in [0, 0.1) is 24.1 Å². The third-order valence-electron chi connectivity index (χ3n) is 3.68. The number of aryl methyl sites for hydroxylation is 1. The van der Waals surface area contributed by atoms with Gasteiger partial charge in [0.25, 0.3) is 0 Å². The molecule has 0 fully saturated rings. The molecule has 0 aliphatic carbocycles. The Morgan fingerprint density at radius 3 is 1.95 bits per heavy atom. The molecule has 0 unspecified atom stereocenters. The lowest BCUT2D eigenvalue weighted by Crippen LogP contribution is -1.87. The number of benzene rings is 3. The summed E-state index contributed by atoms with van der Waals surface area (Å²) in [5.74, 6) is -0.261. The van der Waals surface area contributed by atoms with E-state index in [0.29, 0.717) is 11.1 Å². The zero-order chi connectivity index (χ0) is 15.5. The Hall–Kier alpha value is -2.92. The highest BCUT2D eigenvalue weighted by Gasteiger charge is 2.07. The highest BCUT2D eigenvalue weighted by molar-refractivity contribution is 5.71. The SMILES string of the molecule is Cc1ccc(-c2ccc(-c3ccc(C#N)cc3)c(F)c2)cc1. The van der Waals surface area contributed by atoms with E-state index in [1.165, 1.54) is 5.56 Å². The van der Waals surface area contributed by atoms with Gasteiger partial charge in [-0.2, -0.15) is 5.26 Å². The van der Waals surface area contributed by atoms with Crippen molar-refractivity contribution >= 4 is 0 Å². The molecule has 0 aliphatic heterocycles. The predicted octanol–water partition coefficient (Wildman–Crippen LogP) is 5.34. The Balaban J connectivity index is 1.98. The fraction of sp³-hybridized carbons (Fsp3) is 0.0500. The topological polar surface area (TPSA) is 23.8 Å². The van der Waals surface area contributed by atoms with Gasteiger partial charge in [0, 0.05) is 5.56 Å². The molecule has 0 heterocycles. The molecule has 2 heteroatoms. The number of halogens is 1. The second-order valence-electron chi connectivity index (χ2n) is 5.25. The minimum absolute atomic E-state index is 0.261. The van der Waals surface area contributed by atoms with Crippen molar-refractivity contribution in [3.8, 4) is 28.3 Å². The molecule has 0 amide bonds. The molecule has 3 aromatic rings. The molecule has 22 heavy (non-hydrogen) atoms. The van der Waals surface area contributed by atoms with Crippen molar-refractivity contribution in [2.75, 3.05) is 0 Å². The lowest BCUT2D eigenvalue weighted by Gasteiger charge is -2.07. The summed E-state index contributed by atoms with van der Waals surface area (Å²) in [7, 11) is 0. The van der Waals surface area contributed by atoms with Crippen LogP contribution in [-0.2, 0) is 0 Å². The maximum atomic E-state index is 14.4. The van der Waals surface area contributed by atoms with Crippen LogP contribution in [0.3, 0.4) is 0 Å². The molecule has 3 aromatic carbocycles. The largest absolute Gasteiger partial charge is 0.206 e. The van der Waals surface area contributed by atoms with Crippen molar-refractivity contribution in [2.45, 2.75) is 6.92 Å². The highest BCUT2D eigenvalue weighted by atomic mass is 19.1. The first kappa shape index (κ1) is 14.0. The summed E-state index contributed by atoms with van der Waals surface area (Å²) in [6.45, 7) is 2.03. The van der Waals surface area contributed by atoms with Crippen molar-refractivity contribution in [3.63, 3.8) is 0 Å². The summed E-state index contributed by atoms with van der Waals surface area (Å²) in [5, 5.41) is 8.81. The first-order valence-electron chi connectivity index (χ1n) is 7.04. The average Bonchev–Trinajstić information content (AvgIpc) is 2.56. The molecule has 0 radical (unpaired) electrons. The Morgan fingerprint density at radius 1 is 0.773 bits per heavy atom. The molecule has 0 saturated carbocycles. The Bertz CT molecular complexity index is 840. The molecule has 0 atom stereocenters. The van der Waals surface area contributed by atoms with Crippen LogP contribution in [-0.4, -0.2) is 0 Å². The monoisotopic (exact) mass is 287 g/mol. The zero-order valence-electron chi connectivity index (χ0n) is 12.2. The maximum absolute atomic E-state index is 14.4. The first-order chi connectivity index (χ1) is 10.7. The smallest absolute Gasteiger partial charge is 0.131 e. The number of hydrogen-bond donors (Lipinski definition) is 0. The molecular weight excluding hydrogens is 273 g/mol. The van der Waals surface area contributed by atoms with Crippen LogP contribution < -0.4 is 0 Å². The van der Waals surface area contributed by atoms with E-state index in [1.807, 2.05) is 37.3 Å². The van der Waals surface area contributed by atoms with Crippen LogP contribution in [0.2, 0.25) is 0 Å². The van der Waals surface area contributed by atoms with E-state index in [1.54, 1.807) is 36.4 Å². The number of rotatable bonds is 2. The molecule has 0 spiro atoms. The Labute approximate surface area is 129 Å². The summed E-state index contributed by atoms with van der Waals surface area (Å²) >= 11 is 0. The van der Waals surface area contributed by atoms with Gasteiger partial charge in [-0.15, -0.1) is 0 Å². The second-order valence-corrected chi connectivity index (χ2v) is 5.25. The highest BCUT2D eigenvalue weighted by Crippen LogP contribution is 2.28. The average molecular weight is 287 g/mol. The summed E-state index contributed by atoms with van der Waals surface area (Å²) in [4.78, 5) is 0. The van der Waals surface area contributed by atoms with Gasteiger partial charge in [-0.3, -0.25) is 0 Å². The second kappa shape index (κ2) is 5.83. The molecule has 0 aromatic heterocycles. The predicted molar refractivity (Wildman–Crippen MR) is 86.7 cm³/mol. The molecule has 106 valence electrons. The molecule has 3 rings (SSSR count). The number of nitriles is 1. The van der Waals surface area contributed by atoms with E-state index in [9.17, 15) is 4.39 Å². The normalized spacial score (nSPS) is 10.2. The summed E-state index contributed by atoms with van der Waals surface area (Å²) < 4.78 is 14.4. The minimum Gasteiger partial charge on any atom is -0.206 e. The van der Waals surface area contributed by atoms with E-state index < -0.39 is 0 Å². The van der Waals surface area contributed by atoms with E-state index in [4.69, 9.17) is 5.26 Å². The van der Waals surface area contributed by atoms with Crippen LogP contribution >= 0.6 is 0 Å². The van der Waals surface area contributed by atoms with Gasteiger partial charge in [0.05, 0.1) is 11.6 Å². The van der Waals surface area contributed by atoms with Gasteiger partial charge < -0.3 is 0 Å². The van der Waals surface area contributed by atoms with E-state index in [0.717, 1.165) is 16.7 Å². The minimum atomic E-state index is -0.261. The van der Waals surface area contributed by atoms with Crippen LogP contribution in [0.5, 0.6) is 0 Å². The van der Waals surface area contributed by atoms with Crippen molar-refractivity contribution < 1.29 is 4.39 Å². The standard InChI is InChI=1S/C20H14FN/c1-14-2-6-16(7-3-14)18-10-11-19(20(21)12-18)17-8-4-15(13-22)5-9-17/h2-12H,1H3. The third-order valence-corrected chi connectivity index (χ3v) is 3.68. The van der Waals surface area contributed by atoms with Gasteiger partial charge in [-0.1, -0.05) is 54.1 Å². The molecule has 1 nitrogen and oxygen atoms in total. The van der Waals surface area contributed by atoms with Gasteiger partial charge >= 0.3 is 0 Å². The molecule has 0 aliphatic rings. The molecule has 0 bridgehead atoms. The van der Waals surface area contributed by atoms with E-state index >= 15 is 0 Å². The number of nitrogens with zero attached hydrogens (tertiary/aromatic N) is 1. The Kier molecular flexibility index (Phi) is 3.72. The van der Waals surface area contributed by atoms with Crippen LogP contribution in [0.25, 0.3) is 22.3 Å². The summed E-state index contributed by atoms with van der Waals surface area (Å²) in [5.41, 5.74) is 4.91. The van der Waals surface area contributed by atoms with Crippen molar-refractivity contribution in [3.05, 3.63) is 83.7 Å². The fourth-order valence-electron chi connectivity index (χ4n) is 2.40. The van der Waals surface area contributed by atoms with Crippen LogP contribution in [0.1, 0.15) is 11.1 Å². The quantitative estimate of drug-likeness (QED) is 0.624. The van der Waals surface area contributed by atoms with Gasteiger partial charge in [-0.05, 0) is 41.8 Å². The molecular formula is C20H14FN. The molecule has 0 N–H and O–H groups in total. The van der Waals surface area contributed by atoms with E-state index in [2.05, 4.69) is 6.07 Å². The van der Waals surface area contributed by atoms with Crippen LogP contribution in [0.4, 0.5) is 4.39 Å². The van der Waals surface area contributed by atoms with Crippen molar-refractivity contribution in [2.24, 2.45) is 0 Å². The molecule has 0 saturated heterocycles. The van der Waals surface area contributed by atoms with Gasteiger partial charge in [-0.25, -0.2) is 4.39 Å². The summed E-state index contributed by atoms with van der Waals surface area (Å²) in [6, 6.07) is 22.3. The number of hydrogen-bond acceptors (Lipinski definition) is 1. The first-order valence-corrected chi connectivity index (χ1v) is 7.04. The van der Waals surface area contributed by atoms with Gasteiger partial charge in [0.2, 0.25) is 0 Å². The van der Waals surface area contributed by atoms with E-state index in [-0.39, 0.29) is 5.82 Å². The van der Waals surface area contributed by atoms with Crippen molar-refractivity contribution in [1.29, 1.82) is 5.26 Å².